The van der Waals surface area contributed by atoms with Gasteiger partial charge in [-0.3, -0.25) is 9.69 Å². The molecule has 5 nitrogen and oxygen atoms in total. The summed E-state index contributed by atoms with van der Waals surface area (Å²) in [5.74, 6) is 0.855. The number of carbonyl (C=O) groups excluding carboxylic acids is 1. The lowest BCUT2D eigenvalue weighted by molar-refractivity contribution is -0.123. The van der Waals surface area contributed by atoms with E-state index in [0.29, 0.717) is 6.54 Å². The highest BCUT2D eigenvalue weighted by atomic mass is 16.3. The molecule has 1 amide bonds. The molecule has 128 valence electrons. The molecule has 0 atom stereocenters. The standard InChI is InChI=1S/C19H25N3O2/c1-14-7-10-24-18(14)12-21-17-4-2-3-15(11-17)13-22-8-5-16(6-9-22)19(20)23/h2-4,7,10-11,16,21H,5-6,8-9,12-13H2,1H3,(H2,20,23). The summed E-state index contributed by atoms with van der Waals surface area (Å²) in [7, 11) is 0. The van der Waals surface area contributed by atoms with Crippen LogP contribution >= 0.6 is 0 Å². The van der Waals surface area contributed by atoms with Crippen molar-refractivity contribution in [2.24, 2.45) is 11.7 Å². The maximum absolute atomic E-state index is 11.2. The molecule has 5 heteroatoms. The second-order valence-corrected chi connectivity index (χ2v) is 6.53. The number of anilines is 1. The third-order valence-electron chi connectivity index (χ3n) is 4.74. The lowest BCUT2D eigenvalue weighted by Crippen LogP contribution is -2.38. The average molecular weight is 327 g/mol. The molecule has 1 saturated heterocycles. The zero-order valence-electron chi connectivity index (χ0n) is 14.1. The summed E-state index contributed by atoms with van der Waals surface area (Å²) in [6.07, 6.45) is 3.45. The molecule has 2 aromatic rings. The summed E-state index contributed by atoms with van der Waals surface area (Å²) >= 11 is 0. The SMILES string of the molecule is Cc1ccoc1CNc1cccc(CN2CCC(C(N)=O)CC2)c1. The second-order valence-electron chi connectivity index (χ2n) is 6.53. The predicted molar refractivity (Wildman–Crippen MR) is 94.4 cm³/mol. The quantitative estimate of drug-likeness (QED) is 0.856. The van der Waals surface area contributed by atoms with Gasteiger partial charge in [0.1, 0.15) is 5.76 Å². The van der Waals surface area contributed by atoms with Crippen LogP contribution in [0.3, 0.4) is 0 Å². The van der Waals surface area contributed by atoms with Gasteiger partial charge in [-0.1, -0.05) is 12.1 Å². The van der Waals surface area contributed by atoms with Crippen molar-refractivity contribution >= 4 is 11.6 Å². The number of nitrogens with zero attached hydrogens (tertiary/aromatic N) is 1. The smallest absolute Gasteiger partial charge is 0.220 e. The summed E-state index contributed by atoms with van der Waals surface area (Å²) < 4.78 is 5.46. The van der Waals surface area contributed by atoms with Crippen molar-refractivity contribution in [3.05, 3.63) is 53.5 Å². The molecule has 0 radical (unpaired) electrons. The van der Waals surface area contributed by atoms with E-state index in [1.165, 1.54) is 5.56 Å². The topological polar surface area (TPSA) is 71.5 Å². The largest absolute Gasteiger partial charge is 0.467 e. The fourth-order valence-corrected chi connectivity index (χ4v) is 3.18. The number of hydrogen-bond donors (Lipinski definition) is 2. The summed E-state index contributed by atoms with van der Waals surface area (Å²) in [6.45, 7) is 5.49. The fraction of sp³-hybridized carbons (Fsp3) is 0.421. The van der Waals surface area contributed by atoms with Crippen LogP contribution in [0.15, 0.2) is 41.0 Å². The normalized spacial score (nSPS) is 16.2. The number of amides is 1. The van der Waals surface area contributed by atoms with Gasteiger partial charge in [-0.25, -0.2) is 0 Å². The number of likely N-dealkylation sites (tertiary alicyclic amines) is 1. The summed E-state index contributed by atoms with van der Waals surface area (Å²) in [5.41, 5.74) is 8.92. The molecule has 0 unspecified atom stereocenters. The van der Waals surface area contributed by atoms with Crippen LogP contribution in [-0.2, 0) is 17.9 Å². The monoisotopic (exact) mass is 327 g/mol. The third-order valence-corrected chi connectivity index (χ3v) is 4.74. The lowest BCUT2D eigenvalue weighted by Gasteiger charge is -2.30. The van der Waals surface area contributed by atoms with Crippen molar-refractivity contribution in [2.75, 3.05) is 18.4 Å². The maximum Gasteiger partial charge on any atom is 0.220 e. The van der Waals surface area contributed by atoms with E-state index in [1.807, 2.05) is 13.0 Å². The Hall–Kier alpha value is -2.27. The number of piperidine rings is 1. The third kappa shape index (κ3) is 4.17. The first kappa shape index (κ1) is 16.6. The second kappa shape index (κ2) is 7.53. The van der Waals surface area contributed by atoms with E-state index >= 15 is 0 Å². The Bertz CT molecular complexity index is 687. The van der Waals surface area contributed by atoms with Crippen LogP contribution in [0.4, 0.5) is 5.69 Å². The molecule has 0 saturated carbocycles. The molecule has 3 rings (SSSR count). The molecule has 0 spiro atoms. The number of aryl methyl sites for hydroxylation is 1. The highest BCUT2D eigenvalue weighted by Gasteiger charge is 2.22. The molecule has 3 N–H and O–H groups in total. The maximum atomic E-state index is 11.2. The molecule has 24 heavy (non-hydrogen) atoms. The van der Waals surface area contributed by atoms with Crippen LogP contribution in [0.1, 0.15) is 29.7 Å². The minimum Gasteiger partial charge on any atom is -0.467 e. The first-order chi connectivity index (χ1) is 11.6. The molecule has 1 aromatic heterocycles. The van der Waals surface area contributed by atoms with Crippen molar-refractivity contribution < 1.29 is 9.21 Å². The van der Waals surface area contributed by atoms with Gasteiger partial charge in [-0.2, -0.15) is 0 Å². The van der Waals surface area contributed by atoms with Gasteiger partial charge in [0.25, 0.3) is 0 Å². The van der Waals surface area contributed by atoms with Crippen molar-refractivity contribution in [3.63, 3.8) is 0 Å². The number of carbonyl (C=O) groups is 1. The number of nitrogens with one attached hydrogen (secondary N) is 1. The minimum absolute atomic E-state index is 0.0470. The van der Waals surface area contributed by atoms with Crippen LogP contribution in [0.25, 0.3) is 0 Å². The van der Waals surface area contributed by atoms with Gasteiger partial charge in [0, 0.05) is 18.2 Å². The molecule has 0 aliphatic carbocycles. The van der Waals surface area contributed by atoms with Crippen LogP contribution < -0.4 is 11.1 Å². The van der Waals surface area contributed by atoms with Gasteiger partial charge in [0.15, 0.2) is 0 Å². The Morgan fingerprint density at radius 3 is 2.79 bits per heavy atom. The van der Waals surface area contributed by atoms with E-state index in [0.717, 1.165) is 49.5 Å². The number of rotatable bonds is 6. The number of furan rings is 1. The van der Waals surface area contributed by atoms with Gasteiger partial charge < -0.3 is 15.5 Å². The van der Waals surface area contributed by atoms with Gasteiger partial charge in [-0.05, 0) is 62.2 Å². The Morgan fingerprint density at radius 2 is 2.12 bits per heavy atom. The molecule has 2 heterocycles. The van der Waals surface area contributed by atoms with Crippen molar-refractivity contribution in [1.82, 2.24) is 4.90 Å². The lowest BCUT2D eigenvalue weighted by atomic mass is 9.96. The van der Waals surface area contributed by atoms with Crippen LogP contribution in [0.2, 0.25) is 0 Å². The van der Waals surface area contributed by atoms with E-state index in [2.05, 4.69) is 34.5 Å². The Balaban J connectivity index is 1.54. The minimum atomic E-state index is -0.158. The Labute approximate surface area is 142 Å². The summed E-state index contributed by atoms with van der Waals surface area (Å²) in [6, 6.07) is 10.4. The van der Waals surface area contributed by atoms with E-state index in [-0.39, 0.29) is 11.8 Å². The van der Waals surface area contributed by atoms with Crippen LogP contribution in [0, 0.1) is 12.8 Å². The molecular formula is C19H25N3O2. The van der Waals surface area contributed by atoms with Gasteiger partial charge >= 0.3 is 0 Å². The molecule has 0 bridgehead atoms. The molecule has 1 aromatic carbocycles. The zero-order valence-corrected chi connectivity index (χ0v) is 14.1. The average Bonchev–Trinajstić information content (AvgIpc) is 2.99. The first-order valence-corrected chi connectivity index (χ1v) is 8.49. The van der Waals surface area contributed by atoms with E-state index < -0.39 is 0 Å². The van der Waals surface area contributed by atoms with Crippen molar-refractivity contribution in [2.45, 2.75) is 32.9 Å². The fourth-order valence-electron chi connectivity index (χ4n) is 3.18. The Kier molecular flexibility index (Phi) is 5.20. The van der Waals surface area contributed by atoms with E-state index in [9.17, 15) is 4.79 Å². The van der Waals surface area contributed by atoms with E-state index in [1.54, 1.807) is 6.26 Å². The number of hydrogen-bond acceptors (Lipinski definition) is 4. The number of primary amides is 1. The molecule has 1 aliphatic heterocycles. The first-order valence-electron chi connectivity index (χ1n) is 8.49. The van der Waals surface area contributed by atoms with Gasteiger partial charge in [-0.15, -0.1) is 0 Å². The van der Waals surface area contributed by atoms with Gasteiger partial charge in [0.05, 0.1) is 12.8 Å². The van der Waals surface area contributed by atoms with Crippen LogP contribution in [0.5, 0.6) is 0 Å². The zero-order chi connectivity index (χ0) is 16.9. The summed E-state index contributed by atoms with van der Waals surface area (Å²) in [5, 5.41) is 3.41. The predicted octanol–water partition coefficient (Wildman–Crippen LogP) is 2.90. The van der Waals surface area contributed by atoms with Crippen LogP contribution in [-0.4, -0.2) is 23.9 Å². The van der Waals surface area contributed by atoms with E-state index in [4.69, 9.17) is 10.2 Å². The Morgan fingerprint density at radius 1 is 1.33 bits per heavy atom. The molecular weight excluding hydrogens is 302 g/mol. The highest BCUT2D eigenvalue weighted by Crippen LogP contribution is 2.20. The molecule has 1 fully saturated rings. The number of benzene rings is 1. The number of nitrogens with two attached hydrogens (primary N) is 1. The highest BCUT2D eigenvalue weighted by molar-refractivity contribution is 5.76. The molecule has 1 aliphatic rings. The van der Waals surface area contributed by atoms with Gasteiger partial charge in [0.2, 0.25) is 5.91 Å². The van der Waals surface area contributed by atoms with Crippen molar-refractivity contribution in [1.29, 1.82) is 0 Å². The summed E-state index contributed by atoms with van der Waals surface area (Å²) in [4.78, 5) is 13.6. The van der Waals surface area contributed by atoms with Crippen molar-refractivity contribution in [3.8, 4) is 0 Å².